The van der Waals surface area contributed by atoms with E-state index in [1.165, 1.54) is 7.11 Å². The van der Waals surface area contributed by atoms with Crippen molar-refractivity contribution in [2.24, 2.45) is 0 Å². The van der Waals surface area contributed by atoms with E-state index in [9.17, 15) is 4.79 Å². The third-order valence-corrected chi connectivity index (χ3v) is 3.99. The first kappa shape index (κ1) is 16.3. The number of carbonyl (C=O) groups excluding carboxylic acids is 1. The molecule has 5 nitrogen and oxygen atoms in total. The number of amides is 1. The molecule has 1 heterocycles. The van der Waals surface area contributed by atoms with Gasteiger partial charge >= 0.3 is 0 Å². The highest BCUT2D eigenvalue weighted by molar-refractivity contribution is 6.31. The summed E-state index contributed by atoms with van der Waals surface area (Å²) in [6, 6.07) is 9.01. The van der Waals surface area contributed by atoms with Crippen LogP contribution in [0.2, 0.25) is 5.02 Å². The Morgan fingerprint density at radius 2 is 2.08 bits per heavy atom. The quantitative estimate of drug-likeness (QED) is 0.766. The van der Waals surface area contributed by atoms with Crippen LogP contribution in [0.15, 0.2) is 34.9 Å². The smallest absolute Gasteiger partial charge is 0.230 e. The molecule has 1 amide bonds. The third-order valence-electron chi connectivity index (χ3n) is 3.75. The second kappa shape index (κ2) is 6.53. The number of halogens is 1. The van der Waals surface area contributed by atoms with Gasteiger partial charge < -0.3 is 14.6 Å². The van der Waals surface area contributed by atoms with Gasteiger partial charge in [0.05, 0.1) is 19.2 Å². The Morgan fingerprint density at radius 1 is 1.29 bits per heavy atom. The van der Waals surface area contributed by atoms with Crippen LogP contribution in [0.1, 0.15) is 16.8 Å². The number of benzene rings is 2. The van der Waals surface area contributed by atoms with Crippen molar-refractivity contribution in [2.75, 3.05) is 12.4 Å². The molecule has 3 aromatic rings. The van der Waals surface area contributed by atoms with Crippen LogP contribution in [0.25, 0.3) is 11.0 Å². The monoisotopic (exact) mass is 344 g/mol. The highest BCUT2D eigenvalue weighted by Crippen LogP contribution is 2.28. The van der Waals surface area contributed by atoms with Crippen LogP contribution < -0.4 is 10.1 Å². The lowest BCUT2D eigenvalue weighted by molar-refractivity contribution is -0.115. The predicted molar refractivity (Wildman–Crippen MR) is 93.8 cm³/mol. The Labute approximate surface area is 144 Å². The van der Waals surface area contributed by atoms with Crippen LogP contribution in [0, 0.1) is 13.8 Å². The van der Waals surface area contributed by atoms with E-state index in [1.807, 2.05) is 26.0 Å². The molecule has 0 spiro atoms. The maximum Gasteiger partial charge on any atom is 0.230 e. The van der Waals surface area contributed by atoms with Crippen molar-refractivity contribution in [1.29, 1.82) is 0 Å². The molecule has 0 aliphatic heterocycles. The van der Waals surface area contributed by atoms with Gasteiger partial charge in [0.25, 0.3) is 0 Å². The number of ether oxygens (including phenoxy) is 1. The minimum Gasteiger partial charge on any atom is -0.495 e. The molecule has 0 fully saturated rings. The van der Waals surface area contributed by atoms with Crippen molar-refractivity contribution in [3.05, 3.63) is 52.2 Å². The highest BCUT2D eigenvalue weighted by Gasteiger charge is 2.16. The fourth-order valence-electron chi connectivity index (χ4n) is 2.77. The molecule has 1 aromatic heterocycles. The minimum absolute atomic E-state index is 0.104. The number of rotatable bonds is 4. The van der Waals surface area contributed by atoms with Crippen LogP contribution in [0.3, 0.4) is 0 Å². The van der Waals surface area contributed by atoms with E-state index in [2.05, 4.69) is 10.5 Å². The maximum absolute atomic E-state index is 12.4. The number of nitrogens with one attached hydrogen (secondary N) is 1. The lowest BCUT2D eigenvalue weighted by Crippen LogP contribution is -2.15. The van der Waals surface area contributed by atoms with Gasteiger partial charge in [0, 0.05) is 10.4 Å². The second-order valence-corrected chi connectivity index (χ2v) is 6.09. The van der Waals surface area contributed by atoms with Crippen LogP contribution in [-0.4, -0.2) is 18.2 Å². The van der Waals surface area contributed by atoms with E-state index < -0.39 is 0 Å². The van der Waals surface area contributed by atoms with Gasteiger partial charge in [-0.25, -0.2) is 0 Å². The number of nitrogens with zero attached hydrogens (tertiary/aromatic N) is 1. The fraction of sp³-hybridized carbons (Fsp3) is 0.222. The summed E-state index contributed by atoms with van der Waals surface area (Å²) in [4.78, 5) is 12.4. The zero-order valence-electron chi connectivity index (χ0n) is 13.6. The molecule has 1 N–H and O–H groups in total. The molecule has 0 atom stereocenters. The topological polar surface area (TPSA) is 64.4 Å². The first-order valence-electron chi connectivity index (χ1n) is 7.47. The van der Waals surface area contributed by atoms with Crippen molar-refractivity contribution in [2.45, 2.75) is 20.3 Å². The average molecular weight is 345 g/mol. The van der Waals surface area contributed by atoms with Crippen LogP contribution >= 0.6 is 11.6 Å². The number of aromatic nitrogens is 1. The predicted octanol–water partition coefficient (Wildman–Crippen LogP) is 4.29. The van der Waals surface area contributed by atoms with E-state index in [0.29, 0.717) is 27.7 Å². The van der Waals surface area contributed by atoms with E-state index in [4.69, 9.17) is 20.9 Å². The maximum atomic E-state index is 12.4. The SMILES string of the molecule is COc1ccc(Cl)cc1NC(=O)Cc1noc2cc(C)cc(C)c12. The largest absolute Gasteiger partial charge is 0.495 e. The Bertz CT molecular complexity index is 918. The minimum atomic E-state index is -0.217. The van der Waals surface area contributed by atoms with Crippen molar-refractivity contribution in [3.8, 4) is 5.75 Å². The summed E-state index contributed by atoms with van der Waals surface area (Å²) >= 11 is 5.98. The molecule has 3 rings (SSSR count). The van der Waals surface area contributed by atoms with Crippen molar-refractivity contribution < 1.29 is 14.1 Å². The molecular weight excluding hydrogens is 328 g/mol. The third kappa shape index (κ3) is 3.21. The van der Waals surface area contributed by atoms with E-state index >= 15 is 0 Å². The second-order valence-electron chi connectivity index (χ2n) is 5.65. The van der Waals surface area contributed by atoms with Gasteiger partial charge in [-0.2, -0.15) is 0 Å². The highest BCUT2D eigenvalue weighted by atomic mass is 35.5. The summed E-state index contributed by atoms with van der Waals surface area (Å²) in [5.41, 5.74) is 3.96. The Morgan fingerprint density at radius 3 is 2.83 bits per heavy atom. The first-order chi connectivity index (χ1) is 11.5. The molecule has 6 heteroatoms. The van der Waals surface area contributed by atoms with Gasteiger partial charge in [0.2, 0.25) is 5.91 Å². The van der Waals surface area contributed by atoms with Crippen LogP contribution in [-0.2, 0) is 11.2 Å². The summed E-state index contributed by atoms with van der Waals surface area (Å²) in [6.07, 6.45) is 0.104. The summed E-state index contributed by atoms with van der Waals surface area (Å²) < 4.78 is 10.6. The zero-order chi connectivity index (χ0) is 17.3. The Kier molecular flexibility index (Phi) is 4.44. The molecule has 0 saturated heterocycles. The normalized spacial score (nSPS) is 10.8. The first-order valence-corrected chi connectivity index (χ1v) is 7.84. The molecule has 24 heavy (non-hydrogen) atoms. The molecule has 124 valence electrons. The molecule has 0 radical (unpaired) electrons. The standard InChI is InChI=1S/C18H17ClN2O3/c1-10-6-11(2)18-14(21-24-16(18)7-10)9-17(22)20-13-8-12(19)4-5-15(13)23-3/h4-8H,9H2,1-3H3,(H,20,22). The summed E-state index contributed by atoms with van der Waals surface area (Å²) in [5, 5.41) is 8.25. The molecular formula is C18H17ClN2O3. The summed E-state index contributed by atoms with van der Waals surface area (Å²) in [7, 11) is 1.54. The number of fused-ring (bicyclic) bond motifs is 1. The lowest BCUT2D eigenvalue weighted by atomic mass is 10.0. The molecule has 2 aromatic carbocycles. The van der Waals surface area contributed by atoms with Crippen molar-refractivity contribution in [3.63, 3.8) is 0 Å². The van der Waals surface area contributed by atoms with Gasteiger partial charge in [0.1, 0.15) is 11.4 Å². The van der Waals surface area contributed by atoms with E-state index in [1.54, 1.807) is 18.2 Å². The molecule has 0 bridgehead atoms. The molecule has 0 unspecified atom stereocenters. The number of anilines is 1. The molecule has 0 saturated carbocycles. The van der Waals surface area contributed by atoms with Gasteiger partial charge in [0.15, 0.2) is 5.58 Å². The van der Waals surface area contributed by atoms with E-state index in [0.717, 1.165) is 16.5 Å². The average Bonchev–Trinajstić information content (AvgIpc) is 2.90. The van der Waals surface area contributed by atoms with Gasteiger partial charge in [-0.3, -0.25) is 4.79 Å². The number of methoxy groups -OCH3 is 1. The van der Waals surface area contributed by atoms with Gasteiger partial charge in [-0.15, -0.1) is 0 Å². The van der Waals surface area contributed by atoms with Gasteiger partial charge in [-0.05, 0) is 49.2 Å². The number of aryl methyl sites for hydroxylation is 2. The fourth-order valence-corrected chi connectivity index (χ4v) is 2.94. The summed E-state index contributed by atoms with van der Waals surface area (Å²) in [6.45, 7) is 3.97. The Hall–Kier alpha value is -2.53. The molecule has 0 aliphatic rings. The van der Waals surface area contributed by atoms with E-state index in [-0.39, 0.29) is 12.3 Å². The van der Waals surface area contributed by atoms with Gasteiger partial charge in [-0.1, -0.05) is 22.8 Å². The number of hydrogen-bond acceptors (Lipinski definition) is 4. The van der Waals surface area contributed by atoms with Crippen LogP contribution in [0.5, 0.6) is 5.75 Å². The zero-order valence-corrected chi connectivity index (χ0v) is 14.4. The lowest BCUT2D eigenvalue weighted by Gasteiger charge is -2.10. The number of carbonyl (C=O) groups is 1. The summed E-state index contributed by atoms with van der Waals surface area (Å²) in [5.74, 6) is 0.329. The van der Waals surface area contributed by atoms with Crippen LogP contribution in [0.4, 0.5) is 5.69 Å². The number of hydrogen-bond donors (Lipinski definition) is 1. The van der Waals surface area contributed by atoms with Crippen molar-refractivity contribution >= 4 is 34.2 Å². The molecule has 0 aliphatic carbocycles. The Balaban J connectivity index is 1.85. The van der Waals surface area contributed by atoms with Crippen molar-refractivity contribution in [1.82, 2.24) is 5.16 Å².